The van der Waals surface area contributed by atoms with Crippen LogP contribution in [0, 0.1) is 0 Å². The number of hydrogen-bond donors (Lipinski definition) is 3. The van der Waals surface area contributed by atoms with Gasteiger partial charge in [0.2, 0.25) is 0 Å². The SMILES string of the molecule is O=C(C[NH2+][C@@H](c1ccccc1)c1cccs1)NNC(=O)c1ccco1. The molecule has 0 fully saturated rings. The lowest BCUT2D eigenvalue weighted by Gasteiger charge is -2.14. The molecule has 128 valence electrons. The fourth-order valence-electron chi connectivity index (χ4n) is 2.42. The Morgan fingerprint density at radius 1 is 1.04 bits per heavy atom. The molecule has 4 N–H and O–H groups in total. The topological polar surface area (TPSA) is 88.0 Å². The van der Waals surface area contributed by atoms with Crippen LogP contribution in [0.25, 0.3) is 0 Å². The van der Waals surface area contributed by atoms with Crippen molar-refractivity contribution in [1.82, 2.24) is 10.9 Å². The molecular weight excluding hydrogens is 338 g/mol. The van der Waals surface area contributed by atoms with E-state index < -0.39 is 5.91 Å². The minimum absolute atomic E-state index is 0.0349. The van der Waals surface area contributed by atoms with Gasteiger partial charge in [-0.1, -0.05) is 36.4 Å². The number of carbonyl (C=O) groups excluding carboxylic acids is 2. The largest absolute Gasteiger partial charge is 0.459 e. The Morgan fingerprint density at radius 3 is 2.56 bits per heavy atom. The van der Waals surface area contributed by atoms with Crippen LogP contribution < -0.4 is 16.2 Å². The third-order valence-corrected chi connectivity index (χ3v) is 4.56. The van der Waals surface area contributed by atoms with Gasteiger partial charge >= 0.3 is 5.91 Å². The van der Waals surface area contributed by atoms with E-state index in [1.807, 2.05) is 47.1 Å². The lowest BCUT2D eigenvalue weighted by atomic mass is 10.1. The predicted octanol–water partition coefficient (Wildman–Crippen LogP) is 1.46. The Morgan fingerprint density at radius 2 is 1.88 bits per heavy atom. The van der Waals surface area contributed by atoms with Crippen LogP contribution in [0.3, 0.4) is 0 Å². The summed E-state index contributed by atoms with van der Waals surface area (Å²) < 4.78 is 4.96. The molecule has 0 bridgehead atoms. The van der Waals surface area contributed by atoms with Crippen LogP contribution in [0.2, 0.25) is 0 Å². The number of nitrogens with one attached hydrogen (secondary N) is 2. The standard InChI is InChI=1S/C18H17N3O3S/c22-16(20-21-18(23)14-8-4-10-24-14)12-19-17(15-9-5-11-25-15)13-6-2-1-3-7-13/h1-11,17,19H,12H2,(H,20,22)(H,21,23)/p+1/t17-/m0/s1. The van der Waals surface area contributed by atoms with Gasteiger partial charge in [-0.15, -0.1) is 11.3 Å². The van der Waals surface area contributed by atoms with E-state index in [0.717, 1.165) is 5.56 Å². The highest BCUT2D eigenvalue weighted by atomic mass is 32.1. The Balaban J connectivity index is 1.56. The molecule has 2 amide bonds. The van der Waals surface area contributed by atoms with Crippen LogP contribution in [0.15, 0.2) is 70.7 Å². The second-order valence-electron chi connectivity index (χ2n) is 5.32. The van der Waals surface area contributed by atoms with Crippen LogP contribution in [0.1, 0.15) is 27.0 Å². The van der Waals surface area contributed by atoms with E-state index in [1.54, 1.807) is 17.4 Å². The quantitative estimate of drug-likeness (QED) is 0.584. The molecule has 0 spiro atoms. The molecule has 0 saturated carbocycles. The fourth-order valence-corrected chi connectivity index (χ4v) is 3.27. The highest BCUT2D eigenvalue weighted by Gasteiger charge is 2.20. The maximum atomic E-state index is 12.0. The van der Waals surface area contributed by atoms with Crippen LogP contribution in [0.5, 0.6) is 0 Å². The van der Waals surface area contributed by atoms with Gasteiger partial charge in [-0.3, -0.25) is 20.4 Å². The summed E-state index contributed by atoms with van der Waals surface area (Å²) in [6.07, 6.45) is 1.40. The van der Waals surface area contributed by atoms with Crippen molar-refractivity contribution >= 4 is 23.2 Å². The smallest absolute Gasteiger partial charge is 0.305 e. The van der Waals surface area contributed by atoms with Crippen molar-refractivity contribution in [2.24, 2.45) is 0 Å². The highest BCUT2D eigenvalue weighted by Crippen LogP contribution is 2.22. The molecule has 25 heavy (non-hydrogen) atoms. The number of nitrogens with two attached hydrogens (primary N) is 1. The Bertz CT molecular complexity index is 801. The van der Waals surface area contributed by atoms with Crippen LogP contribution in [-0.2, 0) is 4.79 Å². The number of hydrogen-bond acceptors (Lipinski definition) is 4. The summed E-state index contributed by atoms with van der Waals surface area (Å²) in [6.45, 7) is 0.176. The lowest BCUT2D eigenvalue weighted by Crippen LogP contribution is -2.88. The maximum Gasteiger partial charge on any atom is 0.305 e. The summed E-state index contributed by atoms with van der Waals surface area (Å²) >= 11 is 1.65. The molecular formula is C18H18N3O3S+. The summed E-state index contributed by atoms with van der Waals surface area (Å²) in [4.78, 5) is 24.9. The molecule has 0 saturated heterocycles. The first kappa shape index (κ1) is 16.9. The van der Waals surface area contributed by atoms with Crippen molar-refractivity contribution < 1.29 is 19.3 Å². The van der Waals surface area contributed by atoms with Gasteiger partial charge in [0.1, 0.15) is 6.04 Å². The van der Waals surface area contributed by atoms with Crippen molar-refractivity contribution in [1.29, 1.82) is 0 Å². The van der Waals surface area contributed by atoms with E-state index >= 15 is 0 Å². The van der Waals surface area contributed by atoms with Crippen molar-refractivity contribution in [2.45, 2.75) is 6.04 Å². The summed E-state index contributed by atoms with van der Waals surface area (Å²) in [5, 5.41) is 3.96. The Labute approximate surface area is 148 Å². The van der Waals surface area contributed by atoms with Gasteiger partial charge in [0.25, 0.3) is 5.91 Å². The number of benzene rings is 1. The van der Waals surface area contributed by atoms with Crippen molar-refractivity contribution in [2.75, 3.05) is 6.54 Å². The minimum atomic E-state index is -0.490. The Hall–Kier alpha value is -2.90. The zero-order valence-corrected chi connectivity index (χ0v) is 14.2. The lowest BCUT2D eigenvalue weighted by molar-refractivity contribution is -0.676. The molecule has 6 nitrogen and oxygen atoms in total. The van der Waals surface area contributed by atoms with Gasteiger partial charge in [0.15, 0.2) is 12.3 Å². The molecule has 2 heterocycles. The molecule has 0 aliphatic carbocycles. The average Bonchev–Trinajstić information content (AvgIpc) is 3.34. The van der Waals surface area contributed by atoms with E-state index in [-0.39, 0.29) is 24.3 Å². The van der Waals surface area contributed by atoms with Gasteiger partial charge in [0, 0.05) is 5.56 Å². The molecule has 0 aliphatic heterocycles. The molecule has 7 heteroatoms. The summed E-state index contributed by atoms with van der Waals surface area (Å²) in [5.74, 6) is -0.640. The third kappa shape index (κ3) is 4.56. The van der Waals surface area contributed by atoms with E-state index in [9.17, 15) is 9.59 Å². The van der Waals surface area contributed by atoms with E-state index in [2.05, 4.69) is 16.9 Å². The van der Waals surface area contributed by atoms with Crippen molar-refractivity contribution in [3.8, 4) is 0 Å². The van der Waals surface area contributed by atoms with Crippen molar-refractivity contribution in [3.05, 3.63) is 82.4 Å². The molecule has 3 aromatic rings. The summed E-state index contributed by atoms with van der Waals surface area (Å²) in [7, 11) is 0. The van der Waals surface area contributed by atoms with Crippen molar-refractivity contribution in [3.63, 3.8) is 0 Å². The second-order valence-corrected chi connectivity index (χ2v) is 6.30. The van der Waals surface area contributed by atoms with Gasteiger partial charge in [-0.2, -0.15) is 0 Å². The number of rotatable bonds is 6. The van der Waals surface area contributed by atoms with Gasteiger partial charge in [-0.05, 0) is 23.6 Å². The van der Waals surface area contributed by atoms with Crippen LogP contribution in [0.4, 0.5) is 0 Å². The van der Waals surface area contributed by atoms with Gasteiger partial charge < -0.3 is 9.73 Å². The number of carbonyl (C=O) groups is 2. The fraction of sp³-hybridized carbons (Fsp3) is 0.111. The number of furan rings is 1. The third-order valence-electron chi connectivity index (χ3n) is 3.61. The first-order valence-corrected chi connectivity index (χ1v) is 8.66. The van der Waals surface area contributed by atoms with Gasteiger partial charge in [-0.25, -0.2) is 0 Å². The molecule has 0 unspecified atom stereocenters. The number of amides is 2. The number of thiophene rings is 1. The average molecular weight is 356 g/mol. The first-order chi connectivity index (χ1) is 12.2. The summed E-state index contributed by atoms with van der Waals surface area (Å²) in [5.41, 5.74) is 5.85. The normalized spacial score (nSPS) is 11.7. The number of hydrazine groups is 1. The van der Waals surface area contributed by atoms with E-state index in [1.165, 1.54) is 17.2 Å². The summed E-state index contributed by atoms with van der Waals surface area (Å²) in [6, 6.07) is 17.2. The zero-order chi connectivity index (χ0) is 17.5. The predicted molar refractivity (Wildman–Crippen MR) is 93.7 cm³/mol. The second kappa shape index (κ2) is 8.27. The molecule has 3 rings (SSSR count). The molecule has 1 aromatic carbocycles. The van der Waals surface area contributed by atoms with E-state index in [4.69, 9.17) is 4.42 Å². The zero-order valence-electron chi connectivity index (χ0n) is 13.3. The Kier molecular flexibility index (Phi) is 5.61. The van der Waals surface area contributed by atoms with Gasteiger partial charge in [0.05, 0.1) is 11.1 Å². The van der Waals surface area contributed by atoms with Crippen LogP contribution in [-0.4, -0.2) is 18.4 Å². The number of quaternary nitrogens is 1. The van der Waals surface area contributed by atoms with Crippen LogP contribution >= 0.6 is 11.3 Å². The first-order valence-electron chi connectivity index (χ1n) is 7.78. The van der Waals surface area contributed by atoms with E-state index in [0.29, 0.717) is 0 Å². The minimum Gasteiger partial charge on any atom is -0.459 e. The highest BCUT2D eigenvalue weighted by molar-refractivity contribution is 7.10. The maximum absolute atomic E-state index is 12.0. The molecule has 1 atom stereocenters. The molecule has 2 aromatic heterocycles. The molecule has 0 radical (unpaired) electrons. The monoisotopic (exact) mass is 356 g/mol. The molecule has 0 aliphatic rings.